The maximum Gasteiger partial charge on any atom is 0.163 e. The molecule has 0 atom stereocenters. The molecule has 0 amide bonds. The van der Waals surface area contributed by atoms with Gasteiger partial charge in [0.15, 0.2) is 11.6 Å². The fraction of sp³-hybridized carbons (Fsp3) is 0.250. The van der Waals surface area contributed by atoms with Crippen LogP contribution in [0.4, 0.5) is 28.8 Å². The van der Waals surface area contributed by atoms with Crippen molar-refractivity contribution >= 4 is 28.8 Å². The summed E-state index contributed by atoms with van der Waals surface area (Å²) in [5.74, 6) is 2.26. The largest absolute Gasteiger partial charge is 0.393 e. The molecule has 2 aromatic carbocycles. The lowest BCUT2D eigenvalue weighted by atomic mass is 10.1. The Morgan fingerprint density at radius 3 is 2.29 bits per heavy atom. The van der Waals surface area contributed by atoms with Crippen molar-refractivity contribution < 1.29 is 0 Å². The third-order valence-corrected chi connectivity index (χ3v) is 6.70. The number of nitrogens with zero attached hydrogens (tertiary/aromatic N) is 6. The van der Waals surface area contributed by atoms with E-state index in [1.54, 1.807) is 12.5 Å². The fourth-order valence-electron chi connectivity index (χ4n) is 4.63. The van der Waals surface area contributed by atoms with Crippen molar-refractivity contribution in [1.82, 2.24) is 15.0 Å². The highest BCUT2D eigenvalue weighted by Crippen LogP contribution is 2.34. The number of hydrogen-bond acceptors (Lipinski definition) is 7. The van der Waals surface area contributed by atoms with Crippen molar-refractivity contribution in [1.29, 1.82) is 0 Å². The molecule has 0 radical (unpaired) electrons. The average Bonchev–Trinajstić information content (AvgIpc) is 2.91. The number of nitrogen functional groups attached to an aromatic ring is 1. The summed E-state index contributed by atoms with van der Waals surface area (Å²) in [5, 5.41) is 0. The van der Waals surface area contributed by atoms with Gasteiger partial charge in [0.2, 0.25) is 0 Å². The molecule has 0 unspecified atom stereocenters. The third kappa shape index (κ3) is 4.75. The van der Waals surface area contributed by atoms with Gasteiger partial charge in [-0.2, -0.15) is 0 Å². The second-order valence-corrected chi connectivity index (χ2v) is 8.89. The van der Waals surface area contributed by atoms with Crippen LogP contribution in [0.1, 0.15) is 16.7 Å². The van der Waals surface area contributed by atoms with Gasteiger partial charge in [-0.3, -0.25) is 0 Å². The molecule has 5 rings (SSSR count). The van der Waals surface area contributed by atoms with Gasteiger partial charge < -0.3 is 20.4 Å². The number of aryl methyl sites for hydroxylation is 1. The van der Waals surface area contributed by atoms with E-state index in [9.17, 15) is 0 Å². The molecule has 0 bridgehead atoms. The summed E-state index contributed by atoms with van der Waals surface area (Å²) in [4.78, 5) is 20.6. The summed E-state index contributed by atoms with van der Waals surface area (Å²) in [6, 6.07) is 22.7. The second kappa shape index (κ2) is 10.0. The van der Waals surface area contributed by atoms with Crippen LogP contribution >= 0.6 is 0 Å². The van der Waals surface area contributed by atoms with Gasteiger partial charge in [-0.25, -0.2) is 15.0 Å². The minimum absolute atomic E-state index is 0.578. The smallest absolute Gasteiger partial charge is 0.163 e. The van der Waals surface area contributed by atoms with Gasteiger partial charge >= 0.3 is 0 Å². The van der Waals surface area contributed by atoms with E-state index in [0.717, 1.165) is 43.4 Å². The molecule has 7 heteroatoms. The molecule has 3 heterocycles. The molecule has 1 fully saturated rings. The van der Waals surface area contributed by atoms with E-state index in [1.165, 1.54) is 16.8 Å². The Labute approximate surface area is 206 Å². The van der Waals surface area contributed by atoms with Crippen molar-refractivity contribution in [2.45, 2.75) is 20.4 Å². The zero-order valence-electron chi connectivity index (χ0n) is 20.3. The van der Waals surface area contributed by atoms with E-state index in [2.05, 4.69) is 73.8 Å². The molecule has 0 saturated carbocycles. The summed E-state index contributed by atoms with van der Waals surface area (Å²) in [7, 11) is 0. The lowest BCUT2D eigenvalue weighted by Gasteiger charge is -2.38. The van der Waals surface area contributed by atoms with E-state index in [0.29, 0.717) is 18.1 Å². The predicted octanol–water partition coefficient (Wildman–Crippen LogP) is 4.74. The number of pyridine rings is 1. The van der Waals surface area contributed by atoms with Gasteiger partial charge in [0.25, 0.3) is 0 Å². The molecule has 2 aromatic heterocycles. The Balaban J connectivity index is 1.41. The number of aromatic nitrogens is 3. The Bertz CT molecular complexity index is 1270. The minimum Gasteiger partial charge on any atom is -0.393 e. The monoisotopic (exact) mass is 465 g/mol. The number of anilines is 5. The highest BCUT2D eigenvalue weighted by molar-refractivity contribution is 5.79. The lowest BCUT2D eigenvalue weighted by molar-refractivity contribution is 0.646. The standard InChI is InChI=1S/C28H31N7/c1-21-9-8-12-24(22(21)2)33-15-17-34(18-16-33)27-26(29)28(32-20-31-27)35(25-13-6-7-14-30-25)19-23-10-4-3-5-11-23/h3-14,20H,15-19,29H2,1-2H3. The summed E-state index contributed by atoms with van der Waals surface area (Å²) in [5.41, 5.74) is 12.5. The number of nitrogens with two attached hydrogens (primary N) is 1. The first-order valence-corrected chi connectivity index (χ1v) is 12.0. The third-order valence-electron chi connectivity index (χ3n) is 6.70. The molecular weight excluding hydrogens is 434 g/mol. The van der Waals surface area contributed by atoms with Crippen molar-refractivity contribution in [2.75, 3.05) is 46.6 Å². The number of piperazine rings is 1. The predicted molar refractivity (Wildman–Crippen MR) is 143 cm³/mol. The van der Waals surface area contributed by atoms with Crippen molar-refractivity contribution in [3.05, 3.63) is 95.9 Å². The Hall–Kier alpha value is -4.13. The zero-order chi connectivity index (χ0) is 24.2. The first kappa shape index (κ1) is 22.7. The maximum atomic E-state index is 6.75. The van der Waals surface area contributed by atoms with Gasteiger partial charge in [0, 0.05) is 38.1 Å². The SMILES string of the molecule is Cc1cccc(N2CCN(c3ncnc(N(Cc4ccccc4)c4ccccn4)c3N)CC2)c1C. The fourth-order valence-corrected chi connectivity index (χ4v) is 4.63. The normalized spacial score (nSPS) is 13.7. The van der Waals surface area contributed by atoms with Gasteiger partial charge in [0.05, 0.1) is 6.54 Å². The van der Waals surface area contributed by atoms with E-state index in [1.807, 2.05) is 36.4 Å². The Morgan fingerprint density at radius 2 is 1.54 bits per heavy atom. The molecular formula is C28H31N7. The number of rotatable bonds is 6. The molecule has 178 valence electrons. The first-order chi connectivity index (χ1) is 17.1. The molecule has 0 aliphatic carbocycles. The van der Waals surface area contributed by atoms with Crippen LogP contribution in [-0.2, 0) is 6.54 Å². The first-order valence-electron chi connectivity index (χ1n) is 12.0. The van der Waals surface area contributed by atoms with Crippen LogP contribution in [-0.4, -0.2) is 41.1 Å². The molecule has 0 spiro atoms. The Kier molecular flexibility index (Phi) is 6.48. The van der Waals surface area contributed by atoms with Crippen molar-refractivity contribution in [3.8, 4) is 0 Å². The lowest BCUT2D eigenvalue weighted by Crippen LogP contribution is -2.47. The van der Waals surface area contributed by atoms with Gasteiger partial charge in [0.1, 0.15) is 17.8 Å². The van der Waals surface area contributed by atoms with Gasteiger partial charge in [-0.15, -0.1) is 0 Å². The van der Waals surface area contributed by atoms with E-state index in [-0.39, 0.29) is 0 Å². The molecule has 1 aliphatic heterocycles. The molecule has 2 N–H and O–H groups in total. The average molecular weight is 466 g/mol. The Morgan fingerprint density at radius 1 is 0.800 bits per heavy atom. The molecule has 4 aromatic rings. The van der Waals surface area contributed by atoms with Gasteiger partial charge in [-0.05, 0) is 48.7 Å². The summed E-state index contributed by atoms with van der Waals surface area (Å²) < 4.78 is 0. The highest BCUT2D eigenvalue weighted by Gasteiger charge is 2.25. The van der Waals surface area contributed by atoms with Crippen LogP contribution in [0.2, 0.25) is 0 Å². The summed E-state index contributed by atoms with van der Waals surface area (Å²) in [6.45, 7) is 8.49. The van der Waals surface area contributed by atoms with E-state index in [4.69, 9.17) is 5.73 Å². The van der Waals surface area contributed by atoms with E-state index < -0.39 is 0 Å². The molecule has 1 aliphatic rings. The molecule has 7 nitrogen and oxygen atoms in total. The van der Waals surface area contributed by atoms with Crippen LogP contribution < -0.4 is 20.4 Å². The van der Waals surface area contributed by atoms with Crippen LogP contribution in [0.25, 0.3) is 0 Å². The quantitative estimate of drug-likeness (QED) is 0.441. The second-order valence-electron chi connectivity index (χ2n) is 8.89. The molecule has 35 heavy (non-hydrogen) atoms. The van der Waals surface area contributed by atoms with Gasteiger partial charge in [-0.1, -0.05) is 48.5 Å². The maximum absolute atomic E-state index is 6.75. The number of benzene rings is 2. The van der Waals surface area contributed by atoms with E-state index >= 15 is 0 Å². The van der Waals surface area contributed by atoms with Crippen molar-refractivity contribution in [3.63, 3.8) is 0 Å². The molecule has 1 saturated heterocycles. The van der Waals surface area contributed by atoms with Crippen molar-refractivity contribution in [2.24, 2.45) is 0 Å². The van der Waals surface area contributed by atoms with Crippen LogP contribution in [0.3, 0.4) is 0 Å². The highest BCUT2D eigenvalue weighted by atomic mass is 15.3. The minimum atomic E-state index is 0.578. The van der Waals surface area contributed by atoms with Crippen LogP contribution in [0, 0.1) is 13.8 Å². The van der Waals surface area contributed by atoms with Crippen LogP contribution in [0.5, 0.6) is 0 Å². The summed E-state index contributed by atoms with van der Waals surface area (Å²) in [6.07, 6.45) is 3.40. The van der Waals surface area contributed by atoms with Crippen LogP contribution in [0.15, 0.2) is 79.3 Å². The number of hydrogen-bond donors (Lipinski definition) is 1. The topological polar surface area (TPSA) is 74.4 Å². The summed E-state index contributed by atoms with van der Waals surface area (Å²) >= 11 is 0. The zero-order valence-corrected chi connectivity index (χ0v) is 20.3.